The van der Waals surface area contributed by atoms with Crippen LogP contribution in [0.1, 0.15) is 25.8 Å². The number of carbonyl (C=O) groups excluding carboxylic acids is 1. The van der Waals surface area contributed by atoms with Crippen LogP contribution in [0.2, 0.25) is 0 Å². The van der Waals surface area contributed by atoms with Crippen LogP contribution in [0, 0.1) is 0 Å². The Bertz CT molecular complexity index is 664. The minimum absolute atomic E-state index is 0.0459. The highest BCUT2D eigenvalue weighted by molar-refractivity contribution is 5.83. The van der Waals surface area contributed by atoms with Crippen molar-refractivity contribution in [3.8, 4) is 0 Å². The molecule has 1 N–H and O–H groups in total. The number of aromatic nitrogens is 2. The van der Waals surface area contributed by atoms with Crippen LogP contribution in [0.15, 0.2) is 30.6 Å². The van der Waals surface area contributed by atoms with E-state index in [4.69, 9.17) is 4.74 Å². The number of nitrogens with zero attached hydrogens (tertiary/aromatic N) is 3. The van der Waals surface area contributed by atoms with Crippen molar-refractivity contribution in [2.45, 2.75) is 25.8 Å². The summed E-state index contributed by atoms with van der Waals surface area (Å²) >= 11 is 0. The Labute approximate surface area is 142 Å². The molecule has 6 nitrogen and oxygen atoms in total. The lowest BCUT2D eigenvalue weighted by atomic mass is 10.2. The first-order valence-electron chi connectivity index (χ1n) is 8.75. The second kappa shape index (κ2) is 8.26. The Morgan fingerprint density at radius 1 is 1.29 bits per heavy atom. The first-order valence-corrected chi connectivity index (χ1v) is 8.75. The molecule has 1 amide bonds. The van der Waals surface area contributed by atoms with Gasteiger partial charge < -0.3 is 14.6 Å². The third kappa shape index (κ3) is 4.13. The molecule has 3 rings (SSSR count). The molecule has 24 heavy (non-hydrogen) atoms. The summed E-state index contributed by atoms with van der Waals surface area (Å²) in [6, 6.07) is 7.63. The first kappa shape index (κ1) is 16.9. The average Bonchev–Trinajstić information content (AvgIpc) is 3.05. The summed E-state index contributed by atoms with van der Waals surface area (Å²) in [5.41, 5.74) is 1.91. The molecular formula is C18H26N4O2. The molecule has 1 atom stereocenters. The molecule has 1 aromatic carbocycles. The SMILES string of the molecule is CC(C(=O)NCCCCN1CCOCC1)n1cnc2ccccc21. The van der Waals surface area contributed by atoms with Crippen molar-refractivity contribution >= 4 is 16.9 Å². The summed E-state index contributed by atoms with van der Waals surface area (Å²) in [6.07, 6.45) is 3.84. The number of hydrogen-bond donors (Lipinski definition) is 1. The van der Waals surface area contributed by atoms with E-state index in [-0.39, 0.29) is 11.9 Å². The number of ether oxygens (including phenoxy) is 1. The molecule has 1 aromatic heterocycles. The van der Waals surface area contributed by atoms with Gasteiger partial charge in [0.05, 0.1) is 30.6 Å². The number of carbonyl (C=O) groups is 1. The van der Waals surface area contributed by atoms with Gasteiger partial charge in [0.15, 0.2) is 0 Å². The smallest absolute Gasteiger partial charge is 0.242 e. The zero-order valence-corrected chi connectivity index (χ0v) is 14.3. The monoisotopic (exact) mass is 330 g/mol. The van der Waals surface area contributed by atoms with Gasteiger partial charge in [-0.15, -0.1) is 0 Å². The van der Waals surface area contributed by atoms with E-state index in [0.29, 0.717) is 0 Å². The molecule has 1 saturated heterocycles. The van der Waals surface area contributed by atoms with Gasteiger partial charge in [-0.25, -0.2) is 4.98 Å². The lowest BCUT2D eigenvalue weighted by molar-refractivity contribution is -0.123. The number of amides is 1. The van der Waals surface area contributed by atoms with Crippen LogP contribution < -0.4 is 5.32 Å². The van der Waals surface area contributed by atoms with Gasteiger partial charge in [-0.1, -0.05) is 12.1 Å². The Morgan fingerprint density at radius 3 is 2.92 bits per heavy atom. The van der Waals surface area contributed by atoms with Crippen molar-refractivity contribution in [2.75, 3.05) is 39.4 Å². The quantitative estimate of drug-likeness (QED) is 0.787. The predicted molar refractivity (Wildman–Crippen MR) is 93.9 cm³/mol. The molecule has 1 aliphatic heterocycles. The van der Waals surface area contributed by atoms with Crippen LogP contribution in [-0.4, -0.2) is 59.8 Å². The topological polar surface area (TPSA) is 59.4 Å². The van der Waals surface area contributed by atoms with Gasteiger partial charge in [0.2, 0.25) is 5.91 Å². The molecule has 130 valence electrons. The maximum absolute atomic E-state index is 12.4. The van der Waals surface area contributed by atoms with Crippen molar-refractivity contribution in [1.82, 2.24) is 19.8 Å². The van der Waals surface area contributed by atoms with Crippen molar-refractivity contribution in [3.05, 3.63) is 30.6 Å². The molecule has 0 radical (unpaired) electrons. The van der Waals surface area contributed by atoms with Gasteiger partial charge in [0.25, 0.3) is 0 Å². The van der Waals surface area contributed by atoms with E-state index >= 15 is 0 Å². The first-order chi connectivity index (χ1) is 11.8. The zero-order valence-electron chi connectivity index (χ0n) is 14.3. The fraction of sp³-hybridized carbons (Fsp3) is 0.556. The number of morpholine rings is 1. The summed E-state index contributed by atoms with van der Waals surface area (Å²) in [7, 11) is 0. The summed E-state index contributed by atoms with van der Waals surface area (Å²) in [5.74, 6) is 0.0459. The van der Waals surface area contributed by atoms with Crippen molar-refractivity contribution in [1.29, 1.82) is 0 Å². The fourth-order valence-corrected chi connectivity index (χ4v) is 3.06. The number of unbranched alkanes of at least 4 members (excludes halogenated alkanes) is 1. The molecular weight excluding hydrogens is 304 g/mol. The van der Waals surface area contributed by atoms with Crippen molar-refractivity contribution < 1.29 is 9.53 Å². The van der Waals surface area contributed by atoms with Crippen LogP contribution in [0.5, 0.6) is 0 Å². The second-order valence-corrected chi connectivity index (χ2v) is 6.27. The predicted octanol–water partition coefficient (Wildman–Crippen LogP) is 1.83. The lowest BCUT2D eigenvalue weighted by Crippen LogP contribution is -2.37. The summed E-state index contributed by atoms with van der Waals surface area (Å²) in [4.78, 5) is 19.1. The van der Waals surface area contributed by atoms with Gasteiger partial charge in [0, 0.05) is 19.6 Å². The summed E-state index contributed by atoms with van der Waals surface area (Å²) in [5, 5.41) is 3.04. The van der Waals surface area contributed by atoms with E-state index < -0.39 is 0 Å². The third-order valence-corrected chi connectivity index (χ3v) is 4.58. The van der Waals surface area contributed by atoms with Crippen LogP contribution in [-0.2, 0) is 9.53 Å². The van der Waals surface area contributed by atoms with Gasteiger partial charge >= 0.3 is 0 Å². The standard InChI is InChI=1S/C18H26N4O2/c1-15(22-14-20-16-6-2-3-7-17(16)22)18(23)19-8-4-5-9-21-10-12-24-13-11-21/h2-3,6-7,14-15H,4-5,8-13H2,1H3,(H,19,23). The number of fused-ring (bicyclic) bond motifs is 1. The van der Waals surface area contributed by atoms with Gasteiger partial charge in [-0.2, -0.15) is 0 Å². The van der Waals surface area contributed by atoms with E-state index in [1.807, 2.05) is 35.8 Å². The highest BCUT2D eigenvalue weighted by Gasteiger charge is 2.16. The molecule has 1 aliphatic rings. The Kier molecular flexibility index (Phi) is 5.82. The van der Waals surface area contributed by atoms with Gasteiger partial charge in [-0.3, -0.25) is 9.69 Å². The molecule has 0 saturated carbocycles. The Hall–Kier alpha value is -1.92. The van der Waals surface area contributed by atoms with E-state index in [9.17, 15) is 4.79 Å². The zero-order chi connectivity index (χ0) is 16.8. The highest BCUT2D eigenvalue weighted by Crippen LogP contribution is 2.17. The molecule has 6 heteroatoms. The molecule has 1 fully saturated rings. The molecule has 0 spiro atoms. The minimum atomic E-state index is -0.253. The number of benzene rings is 1. The summed E-state index contributed by atoms with van der Waals surface area (Å²) < 4.78 is 7.27. The Balaban J connectivity index is 1.41. The summed E-state index contributed by atoms with van der Waals surface area (Å²) in [6.45, 7) is 7.45. The number of nitrogens with one attached hydrogen (secondary N) is 1. The van der Waals surface area contributed by atoms with E-state index in [1.165, 1.54) is 0 Å². The average molecular weight is 330 g/mol. The minimum Gasteiger partial charge on any atom is -0.379 e. The number of imidazole rings is 1. The van der Waals surface area contributed by atoms with Gasteiger partial charge in [0.1, 0.15) is 6.04 Å². The van der Waals surface area contributed by atoms with Crippen molar-refractivity contribution in [3.63, 3.8) is 0 Å². The number of para-hydroxylation sites is 2. The fourth-order valence-electron chi connectivity index (χ4n) is 3.06. The molecule has 1 unspecified atom stereocenters. The third-order valence-electron chi connectivity index (χ3n) is 4.58. The maximum atomic E-state index is 12.4. The molecule has 2 aromatic rings. The second-order valence-electron chi connectivity index (χ2n) is 6.27. The van der Waals surface area contributed by atoms with Gasteiger partial charge in [-0.05, 0) is 38.4 Å². The molecule has 0 bridgehead atoms. The van der Waals surface area contributed by atoms with Crippen molar-refractivity contribution in [2.24, 2.45) is 0 Å². The highest BCUT2D eigenvalue weighted by atomic mass is 16.5. The van der Waals surface area contributed by atoms with Crippen LogP contribution >= 0.6 is 0 Å². The Morgan fingerprint density at radius 2 is 2.08 bits per heavy atom. The van der Waals surface area contributed by atoms with E-state index in [1.54, 1.807) is 6.33 Å². The molecule has 2 heterocycles. The van der Waals surface area contributed by atoms with Crippen LogP contribution in [0.25, 0.3) is 11.0 Å². The number of rotatable bonds is 7. The van der Waals surface area contributed by atoms with E-state index in [0.717, 1.165) is 63.3 Å². The lowest BCUT2D eigenvalue weighted by Gasteiger charge is -2.26. The number of hydrogen-bond acceptors (Lipinski definition) is 4. The maximum Gasteiger partial charge on any atom is 0.242 e. The molecule has 0 aliphatic carbocycles. The largest absolute Gasteiger partial charge is 0.379 e. The normalized spacial score (nSPS) is 17.0. The van der Waals surface area contributed by atoms with E-state index in [2.05, 4.69) is 15.2 Å². The van der Waals surface area contributed by atoms with Crippen LogP contribution in [0.3, 0.4) is 0 Å². The van der Waals surface area contributed by atoms with Crippen LogP contribution in [0.4, 0.5) is 0 Å².